The predicted molar refractivity (Wildman–Crippen MR) is 114 cm³/mol. The number of aromatic nitrogens is 4. The fourth-order valence-corrected chi connectivity index (χ4v) is 5.42. The highest BCUT2D eigenvalue weighted by molar-refractivity contribution is 7.89. The van der Waals surface area contributed by atoms with Gasteiger partial charge in [-0.05, 0) is 29.8 Å². The number of hydrogen-bond acceptors (Lipinski definition) is 6. The number of pyridine rings is 2. The normalized spacial score (nSPS) is 14.3. The molecule has 0 unspecified atom stereocenters. The lowest BCUT2D eigenvalue weighted by Crippen LogP contribution is -2.36. The SMILES string of the molecule is Cn1cc(-c2cnc3nc4c(cc3c2)CN(S(=O)(=O)c2ccccc2C#N)CC4)cn1. The number of aryl methyl sites for hydroxylation is 1. The molecular formula is C22H18N6O2S. The van der Waals surface area contributed by atoms with Crippen molar-refractivity contribution in [1.82, 2.24) is 24.1 Å². The van der Waals surface area contributed by atoms with Crippen LogP contribution in [0.15, 0.2) is 59.9 Å². The predicted octanol–water partition coefficient (Wildman–Crippen LogP) is 2.65. The molecule has 4 aromatic rings. The van der Waals surface area contributed by atoms with Crippen LogP contribution < -0.4 is 0 Å². The second-order valence-electron chi connectivity index (χ2n) is 7.46. The second-order valence-corrected chi connectivity index (χ2v) is 9.37. The Bertz CT molecular complexity index is 1470. The van der Waals surface area contributed by atoms with Gasteiger partial charge in [-0.25, -0.2) is 18.4 Å². The molecule has 3 aromatic heterocycles. The Kier molecular flexibility index (Phi) is 4.54. The Morgan fingerprint density at radius 2 is 1.97 bits per heavy atom. The zero-order chi connectivity index (χ0) is 21.6. The van der Waals surface area contributed by atoms with Crippen LogP contribution in [0.3, 0.4) is 0 Å². The molecule has 0 fully saturated rings. The van der Waals surface area contributed by atoms with Crippen molar-refractivity contribution in [3.63, 3.8) is 0 Å². The molecule has 1 aromatic carbocycles. The van der Waals surface area contributed by atoms with E-state index < -0.39 is 10.0 Å². The largest absolute Gasteiger partial charge is 0.275 e. The molecule has 4 heterocycles. The van der Waals surface area contributed by atoms with E-state index in [0.717, 1.165) is 27.8 Å². The first-order valence-corrected chi connectivity index (χ1v) is 11.2. The number of hydrogen-bond donors (Lipinski definition) is 0. The van der Waals surface area contributed by atoms with Crippen molar-refractivity contribution in [2.24, 2.45) is 7.05 Å². The van der Waals surface area contributed by atoms with Crippen molar-refractivity contribution >= 4 is 21.1 Å². The smallest absolute Gasteiger partial charge is 0.244 e. The average Bonchev–Trinajstić information content (AvgIpc) is 3.23. The Hall–Kier alpha value is -3.61. The maximum Gasteiger partial charge on any atom is 0.244 e. The van der Waals surface area contributed by atoms with Gasteiger partial charge in [0.05, 0.1) is 16.7 Å². The van der Waals surface area contributed by atoms with Gasteiger partial charge in [0.25, 0.3) is 0 Å². The third-order valence-electron chi connectivity index (χ3n) is 5.44. The Labute approximate surface area is 179 Å². The van der Waals surface area contributed by atoms with Gasteiger partial charge in [-0.1, -0.05) is 12.1 Å². The van der Waals surface area contributed by atoms with Crippen molar-refractivity contribution in [2.45, 2.75) is 17.9 Å². The van der Waals surface area contributed by atoms with Crippen molar-refractivity contribution < 1.29 is 8.42 Å². The van der Waals surface area contributed by atoms with Gasteiger partial charge in [0, 0.05) is 61.2 Å². The Balaban J connectivity index is 1.52. The first kappa shape index (κ1) is 19.4. The van der Waals surface area contributed by atoms with Crippen LogP contribution in [0.5, 0.6) is 0 Å². The van der Waals surface area contributed by atoms with Crippen LogP contribution in [0.4, 0.5) is 0 Å². The van der Waals surface area contributed by atoms with E-state index in [1.54, 1.807) is 29.2 Å². The quantitative estimate of drug-likeness (QED) is 0.495. The van der Waals surface area contributed by atoms with Crippen molar-refractivity contribution in [2.75, 3.05) is 6.54 Å². The molecule has 9 heteroatoms. The van der Waals surface area contributed by atoms with E-state index in [9.17, 15) is 13.7 Å². The number of nitrogens with zero attached hydrogens (tertiary/aromatic N) is 6. The maximum absolute atomic E-state index is 13.2. The molecule has 8 nitrogen and oxygen atoms in total. The third kappa shape index (κ3) is 3.36. The molecule has 0 bridgehead atoms. The van der Waals surface area contributed by atoms with E-state index in [1.807, 2.05) is 31.4 Å². The van der Waals surface area contributed by atoms with Gasteiger partial charge in [-0.15, -0.1) is 0 Å². The standard InChI is InChI=1S/C22H18N6O2S/c1-27-13-19(12-25-27)17-8-16-9-18-14-28(7-6-20(18)26-22(16)24-11-17)31(29,30)21-5-3-2-4-15(21)10-23/h2-5,8-9,11-13H,6-7,14H2,1H3. The molecule has 0 atom stereocenters. The fraction of sp³-hybridized carbons (Fsp3) is 0.182. The zero-order valence-electron chi connectivity index (χ0n) is 16.7. The topological polar surface area (TPSA) is 105 Å². The molecule has 154 valence electrons. The minimum absolute atomic E-state index is 0.0372. The van der Waals surface area contributed by atoms with E-state index >= 15 is 0 Å². The molecule has 0 amide bonds. The molecule has 5 rings (SSSR count). The van der Waals surface area contributed by atoms with Crippen LogP contribution in [-0.4, -0.2) is 39.0 Å². The first-order valence-electron chi connectivity index (χ1n) is 9.72. The van der Waals surface area contributed by atoms with Gasteiger partial charge < -0.3 is 0 Å². The number of fused-ring (bicyclic) bond motifs is 2. The van der Waals surface area contributed by atoms with E-state index in [2.05, 4.69) is 15.1 Å². The number of sulfonamides is 1. The average molecular weight is 430 g/mol. The Morgan fingerprint density at radius 1 is 1.13 bits per heavy atom. The summed E-state index contributed by atoms with van der Waals surface area (Å²) < 4.78 is 29.6. The first-order chi connectivity index (χ1) is 15.0. The van der Waals surface area contributed by atoms with Gasteiger partial charge in [0.15, 0.2) is 5.65 Å². The van der Waals surface area contributed by atoms with E-state index in [0.29, 0.717) is 18.6 Å². The van der Waals surface area contributed by atoms with Crippen molar-refractivity contribution in [3.05, 3.63) is 71.8 Å². The maximum atomic E-state index is 13.2. The summed E-state index contributed by atoms with van der Waals surface area (Å²) >= 11 is 0. The molecular weight excluding hydrogens is 412 g/mol. The van der Waals surface area contributed by atoms with Gasteiger partial charge in [0.2, 0.25) is 10.0 Å². The summed E-state index contributed by atoms with van der Waals surface area (Å²) in [4.78, 5) is 9.21. The lowest BCUT2D eigenvalue weighted by atomic mass is 10.0. The summed E-state index contributed by atoms with van der Waals surface area (Å²) in [7, 11) is -1.94. The van der Waals surface area contributed by atoms with Gasteiger partial charge >= 0.3 is 0 Å². The molecule has 0 N–H and O–H groups in total. The van der Waals surface area contributed by atoms with Crippen LogP contribution in [-0.2, 0) is 30.0 Å². The highest BCUT2D eigenvalue weighted by Crippen LogP contribution is 2.29. The molecule has 0 spiro atoms. The minimum atomic E-state index is -3.79. The van der Waals surface area contributed by atoms with Crippen molar-refractivity contribution in [1.29, 1.82) is 5.26 Å². The summed E-state index contributed by atoms with van der Waals surface area (Å²) in [5.74, 6) is 0. The highest BCUT2D eigenvalue weighted by Gasteiger charge is 2.31. The summed E-state index contributed by atoms with van der Waals surface area (Å²) in [5.41, 5.74) is 4.36. The fourth-order valence-electron chi connectivity index (χ4n) is 3.85. The Morgan fingerprint density at radius 3 is 2.74 bits per heavy atom. The molecule has 0 saturated carbocycles. The third-order valence-corrected chi connectivity index (χ3v) is 7.35. The molecule has 0 saturated heterocycles. The van der Waals surface area contributed by atoms with Gasteiger partial charge in [-0.2, -0.15) is 14.7 Å². The van der Waals surface area contributed by atoms with Gasteiger partial charge in [0.1, 0.15) is 6.07 Å². The van der Waals surface area contributed by atoms with Crippen LogP contribution in [0.2, 0.25) is 0 Å². The molecule has 0 radical (unpaired) electrons. The summed E-state index contributed by atoms with van der Waals surface area (Å²) in [6, 6.07) is 12.2. The molecule has 0 aliphatic carbocycles. The second kappa shape index (κ2) is 7.27. The van der Waals surface area contributed by atoms with Crippen LogP contribution >= 0.6 is 0 Å². The number of nitriles is 1. The van der Waals surface area contributed by atoms with Crippen molar-refractivity contribution in [3.8, 4) is 17.2 Å². The van der Waals surface area contributed by atoms with Crippen LogP contribution in [0.25, 0.3) is 22.2 Å². The van der Waals surface area contributed by atoms with E-state index in [4.69, 9.17) is 0 Å². The monoisotopic (exact) mass is 430 g/mol. The summed E-state index contributed by atoms with van der Waals surface area (Å²) in [5, 5.41) is 14.4. The minimum Gasteiger partial charge on any atom is -0.275 e. The highest BCUT2D eigenvalue weighted by atomic mass is 32.2. The number of rotatable bonds is 3. The molecule has 1 aliphatic rings. The zero-order valence-corrected chi connectivity index (χ0v) is 17.5. The lowest BCUT2D eigenvalue weighted by molar-refractivity contribution is 0.388. The molecule has 1 aliphatic heterocycles. The van der Waals surface area contributed by atoms with E-state index in [-0.39, 0.29) is 17.0 Å². The van der Waals surface area contributed by atoms with E-state index in [1.165, 1.54) is 16.4 Å². The molecule has 31 heavy (non-hydrogen) atoms. The number of benzene rings is 1. The lowest BCUT2D eigenvalue weighted by Gasteiger charge is -2.28. The summed E-state index contributed by atoms with van der Waals surface area (Å²) in [6.45, 7) is 0.513. The summed E-state index contributed by atoms with van der Waals surface area (Å²) in [6.07, 6.45) is 5.95. The van der Waals surface area contributed by atoms with Crippen LogP contribution in [0.1, 0.15) is 16.8 Å². The van der Waals surface area contributed by atoms with Crippen LogP contribution in [0, 0.1) is 11.3 Å². The van der Waals surface area contributed by atoms with Gasteiger partial charge in [-0.3, -0.25) is 4.68 Å².